The molecule has 2 rings (SSSR count). The van der Waals surface area contributed by atoms with E-state index in [0.29, 0.717) is 12.2 Å². The monoisotopic (exact) mass is 434 g/mol. The van der Waals surface area contributed by atoms with E-state index in [2.05, 4.69) is 38.5 Å². The van der Waals surface area contributed by atoms with Crippen molar-refractivity contribution in [2.24, 2.45) is 0 Å². The minimum atomic E-state index is -0.217. The first-order valence-corrected chi connectivity index (χ1v) is 8.19. The summed E-state index contributed by atoms with van der Waals surface area (Å²) in [6.07, 6.45) is -0.217. The quantitative estimate of drug-likeness (QED) is 0.459. The van der Waals surface area contributed by atoms with Gasteiger partial charge in [-0.25, -0.2) is 4.39 Å². The van der Waals surface area contributed by atoms with Crippen molar-refractivity contribution in [1.29, 1.82) is 0 Å². The van der Waals surface area contributed by atoms with E-state index in [1.807, 2.05) is 30.3 Å². The van der Waals surface area contributed by atoms with Crippen LogP contribution in [0.1, 0.15) is 17.2 Å². The molecule has 0 bridgehead atoms. The minimum Gasteiger partial charge on any atom is -0.368 e. The molecule has 100 valence electrons. The first kappa shape index (κ1) is 14.9. The Morgan fingerprint density at radius 2 is 1.79 bits per heavy atom. The second-order valence-electron chi connectivity index (χ2n) is 4.10. The van der Waals surface area contributed by atoms with E-state index in [0.717, 1.165) is 14.5 Å². The second-order valence-corrected chi connectivity index (χ2v) is 5.90. The number of hydrogen-bond acceptors (Lipinski definition) is 1. The molecule has 1 atom stereocenters. The number of benzene rings is 2. The van der Waals surface area contributed by atoms with Gasteiger partial charge in [0.1, 0.15) is 5.82 Å². The lowest BCUT2D eigenvalue weighted by Crippen LogP contribution is -2.08. The fraction of sp³-hybridized carbons (Fsp3) is 0.200. The molecular formula is C15H13BrFIO. The molecule has 0 aromatic heterocycles. The third-order valence-electron chi connectivity index (χ3n) is 2.76. The first-order valence-electron chi connectivity index (χ1n) is 5.87. The molecule has 19 heavy (non-hydrogen) atoms. The van der Waals surface area contributed by atoms with Gasteiger partial charge in [0.25, 0.3) is 0 Å². The third kappa shape index (κ3) is 4.26. The molecule has 1 unspecified atom stereocenters. The van der Waals surface area contributed by atoms with Crippen LogP contribution in [-0.4, -0.2) is 4.43 Å². The Balaban J connectivity index is 2.04. The van der Waals surface area contributed by atoms with E-state index in [4.69, 9.17) is 4.74 Å². The van der Waals surface area contributed by atoms with Crippen LogP contribution in [0, 0.1) is 5.82 Å². The SMILES string of the molecule is Fc1ccccc1C(CI)OCc1ccc(Br)cc1. The Bertz CT molecular complexity index is 530. The molecule has 0 heterocycles. The molecule has 0 amide bonds. The topological polar surface area (TPSA) is 9.23 Å². The van der Waals surface area contributed by atoms with Crippen LogP contribution < -0.4 is 0 Å². The average molecular weight is 435 g/mol. The van der Waals surface area contributed by atoms with Crippen LogP contribution in [0.15, 0.2) is 53.0 Å². The molecule has 1 nitrogen and oxygen atoms in total. The highest BCUT2D eigenvalue weighted by Crippen LogP contribution is 2.24. The maximum atomic E-state index is 13.7. The van der Waals surface area contributed by atoms with Gasteiger partial charge in [0.2, 0.25) is 0 Å². The molecule has 0 saturated heterocycles. The zero-order valence-electron chi connectivity index (χ0n) is 10.2. The molecule has 0 saturated carbocycles. The molecule has 0 aliphatic rings. The summed E-state index contributed by atoms with van der Waals surface area (Å²) in [4.78, 5) is 0. The maximum absolute atomic E-state index is 13.7. The van der Waals surface area contributed by atoms with Gasteiger partial charge in [0.15, 0.2) is 0 Å². The lowest BCUT2D eigenvalue weighted by atomic mass is 10.1. The molecule has 4 heteroatoms. The van der Waals surface area contributed by atoms with Crippen molar-refractivity contribution < 1.29 is 9.13 Å². The number of rotatable bonds is 5. The van der Waals surface area contributed by atoms with E-state index in [1.165, 1.54) is 6.07 Å². The highest BCUT2D eigenvalue weighted by molar-refractivity contribution is 14.1. The second kappa shape index (κ2) is 7.36. The van der Waals surface area contributed by atoms with Crippen LogP contribution in [0.4, 0.5) is 4.39 Å². The van der Waals surface area contributed by atoms with Gasteiger partial charge in [-0.3, -0.25) is 0 Å². The third-order valence-corrected chi connectivity index (χ3v) is 4.09. The smallest absolute Gasteiger partial charge is 0.129 e. The maximum Gasteiger partial charge on any atom is 0.129 e. The average Bonchev–Trinajstić information content (AvgIpc) is 2.43. The van der Waals surface area contributed by atoms with E-state index >= 15 is 0 Å². The van der Waals surface area contributed by atoms with Gasteiger partial charge < -0.3 is 4.74 Å². The Kier molecular flexibility index (Phi) is 5.78. The molecule has 2 aromatic carbocycles. The van der Waals surface area contributed by atoms with Gasteiger partial charge >= 0.3 is 0 Å². The summed E-state index contributed by atoms with van der Waals surface area (Å²) in [5.41, 5.74) is 1.70. The Morgan fingerprint density at radius 1 is 1.11 bits per heavy atom. The summed E-state index contributed by atoms with van der Waals surface area (Å²) in [5.74, 6) is -0.208. The predicted molar refractivity (Wildman–Crippen MR) is 87.0 cm³/mol. The van der Waals surface area contributed by atoms with Crippen molar-refractivity contribution in [3.8, 4) is 0 Å². The highest BCUT2D eigenvalue weighted by atomic mass is 127. The van der Waals surface area contributed by atoms with Crippen LogP contribution in [0.25, 0.3) is 0 Å². The van der Waals surface area contributed by atoms with Gasteiger partial charge in [0.05, 0.1) is 12.7 Å². The molecule has 2 aromatic rings. The lowest BCUT2D eigenvalue weighted by Gasteiger charge is -2.16. The lowest BCUT2D eigenvalue weighted by molar-refractivity contribution is 0.0554. The van der Waals surface area contributed by atoms with Crippen LogP contribution >= 0.6 is 38.5 Å². The summed E-state index contributed by atoms with van der Waals surface area (Å²) in [6.45, 7) is 0.481. The molecule has 0 aliphatic heterocycles. The number of ether oxygens (including phenoxy) is 1. The Morgan fingerprint density at radius 3 is 2.42 bits per heavy atom. The molecule has 0 radical (unpaired) electrons. The largest absolute Gasteiger partial charge is 0.368 e. The van der Waals surface area contributed by atoms with Gasteiger partial charge in [-0.1, -0.05) is 68.9 Å². The normalized spacial score (nSPS) is 12.4. The molecule has 0 spiro atoms. The van der Waals surface area contributed by atoms with E-state index in [9.17, 15) is 4.39 Å². The molecule has 0 aliphatic carbocycles. The van der Waals surface area contributed by atoms with Crippen molar-refractivity contribution in [3.05, 3.63) is 69.9 Å². The van der Waals surface area contributed by atoms with Crippen molar-refractivity contribution >= 4 is 38.5 Å². The Hall–Kier alpha value is -0.460. The van der Waals surface area contributed by atoms with Crippen LogP contribution in [0.2, 0.25) is 0 Å². The van der Waals surface area contributed by atoms with Crippen molar-refractivity contribution in [1.82, 2.24) is 0 Å². The first-order chi connectivity index (χ1) is 9.20. The van der Waals surface area contributed by atoms with E-state index < -0.39 is 0 Å². The summed E-state index contributed by atoms with van der Waals surface area (Å²) in [7, 11) is 0. The van der Waals surface area contributed by atoms with Gasteiger partial charge in [-0.2, -0.15) is 0 Å². The highest BCUT2D eigenvalue weighted by Gasteiger charge is 2.14. The number of alkyl halides is 1. The van der Waals surface area contributed by atoms with E-state index in [-0.39, 0.29) is 11.9 Å². The molecular weight excluding hydrogens is 422 g/mol. The van der Waals surface area contributed by atoms with Crippen molar-refractivity contribution in [3.63, 3.8) is 0 Å². The van der Waals surface area contributed by atoms with Gasteiger partial charge in [0, 0.05) is 14.5 Å². The van der Waals surface area contributed by atoms with Crippen LogP contribution in [0.5, 0.6) is 0 Å². The zero-order chi connectivity index (χ0) is 13.7. The summed E-state index contributed by atoms with van der Waals surface area (Å²) < 4.78 is 21.3. The summed E-state index contributed by atoms with van der Waals surface area (Å²) >= 11 is 5.61. The van der Waals surface area contributed by atoms with E-state index in [1.54, 1.807) is 12.1 Å². The van der Waals surface area contributed by atoms with Crippen molar-refractivity contribution in [2.45, 2.75) is 12.7 Å². The standard InChI is InChI=1S/C15H13BrFIO/c16-12-7-5-11(6-8-12)10-19-15(9-18)13-3-1-2-4-14(13)17/h1-8,15H,9-10H2. The fourth-order valence-corrected chi connectivity index (χ4v) is 2.72. The van der Waals surface area contributed by atoms with Crippen molar-refractivity contribution in [2.75, 3.05) is 4.43 Å². The van der Waals surface area contributed by atoms with Gasteiger partial charge in [-0.05, 0) is 23.8 Å². The van der Waals surface area contributed by atoms with Gasteiger partial charge in [-0.15, -0.1) is 0 Å². The zero-order valence-corrected chi connectivity index (χ0v) is 13.9. The van der Waals surface area contributed by atoms with Crippen LogP contribution in [-0.2, 0) is 11.3 Å². The fourth-order valence-electron chi connectivity index (χ4n) is 1.73. The van der Waals surface area contributed by atoms with Crippen LogP contribution in [0.3, 0.4) is 0 Å². The number of hydrogen-bond donors (Lipinski definition) is 0. The Labute approximate surface area is 134 Å². The molecule has 0 fully saturated rings. The summed E-state index contributed by atoms with van der Waals surface area (Å²) in [5, 5.41) is 0. The number of halogens is 3. The minimum absolute atomic E-state index is 0.208. The summed E-state index contributed by atoms with van der Waals surface area (Å²) in [6, 6.07) is 14.7. The molecule has 0 N–H and O–H groups in total. The predicted octanol–water partition coefficient (Wildman–Crippen LogP) is 5.28.